The van der Waals surface area contributed by atoms with Gasteiger partial charge in [0, 0.05) is 31.6 Å². The van der Waals surface area contributed by atoms with Crippen molar-refractivity contribution in [2.75, 3.05) is 19.6 Å². The number of carbonyl (C=O) groups excluding carboxylic acids is 2. The van der Waals surface area contributed by atoms with Crippen LogP contribution < -0.4 is 5.32 Å². The fraction of sp³-hybridized carbons (Fsp3) is 0.444. The van der Waals surface area contributed by atoms with Crippen LogP contribution in [-0.4, -0.2) is 36.3 Å². The number of hydrogen-bond acceptors (Lipinski definition) is 2. The van der Waals surface area contributed by atoms with Crippen molar-refractivity contribution in [3.8, 4) is 0 Å². The fourth-order valence-corrected chi connectivity index (χ4v) is 2.78. The highest BCUT2D eigenvalue weighted by atomic mass is 19.1. The van der Waals surface area contributed by atoms with E-state index in [4.69, 9.17) is 0 Å². The topological polar surface area (TPSA) is 49.4 Å². The van der Waals surface area contributed by atoms with Crippen LogP contribution in [0.4, 0.5) is 4.39 Å². The van der Waals surface area contributed by atoms with Crippen LogP contribution in [0.3, 0.4) is 0 Å². The van der Waals surface area contributed by atoms with Gasteiger partial charge in [-0.05, 0) is 49.4 Å². The summed E-state index contributed by atoms with van der Waals surface area (Å²) in [6, 6.07) is 5.48. The zero-order chi connectivity index (χ0) is 16.7. The molecule has 1 aliphatic rings. The molecule has 1 saturated heterocycles. The summed E-state index contributed by atoms with van der Waals surface area (Å²) in [5, 5.41) is 2.88. The molecule has 5 heteroatoms. The standard InChI is InChI=1S/C18H23FN2O2/c1-2-3-6-17(22)21-11-4-5-14(13-21)12-20-18(23)15-7-9-16(19)10-8-15/h2,7-10,14H,1,3-6,11-13H2,(H,20,23)/t14-/m0/s1. The molecule has 23 heavy (non-hydrogen) atoms. The Bertz CT molecular complexity index is 557. The second-order valence-corrected chi connectivity index (χ2v) is 5.89. The molecule has 0 bridgehead atoms. The summed E-state index contributed by atoms with van der Waals surface area (Å²) in [4.78, 5) is 26.0. The van der Waals surface area contributed by atoms with Gasteiger partial charge in [-0.15, -0.1) is 6.58 Å². The summed E-state index contributed by atoms with van der Waals surface area (Å²) in [5.41, 5.74) is 0.445. The molecule has 1 aromatic rings. The quantitative estimate of drug-likeness (QED) is 0.820. The van der Waals surface area contributed by atoms with Gasteiger partial charge >= 0.3 is 0 Å². The molecule has 4 nitrogen and oxygen atoms in total. The molecule has 1 heterocycles. The first-order valence-electron chi connectivity index (χ1n) is 8.02. The molecule has 0 saturated carbocycles. The highest BCUT2D eigenvalue weighted by molar-refractivity contribution is 5.94. The van der Waals surface area contributed by atoms with E-state index in [1.165, 1.54) is 24.3 Å². The summed E-state index contributed by atoms with van der Waals surface area (Å²) in [6.45, 7) is 5.63. The number of nitrogens with zero attached hydrogens (tertiary/aromatic N) is 1. The van der Waals surface area contributed by atoms with Gasteiger partial charge in [-0.3, -0.25) is 9.59 Å². The lowest BCUT2D eigenvalue weighted by atomic mass is 9.97. The molecule has 1 aromatic carbocycles. The highest BCUT2D eigenvalue weighted by Gasteiger charge is 2.23. The number of piperidine rings is 1. The number of likely N-dealkylation sites (tertiary alicyclic amines) is 1. The average molecular weight is 318 g/mol. The van der Waals surface area contributed by atoms with E-state index in [1.54, 1.807) is 6.08 Å². The number of hydrogen-bond donors (Lipinski definition) is 1. The Hall–Kier alpha value is -2.17. The molecule has 1 fully saturated rings. The summed E-state index contributed by atoms with van der Waals surface area (Å²) in [6.07, 6.45) is 4.90. The molecule has 124 valence electrons. The Morgan fingerprint density at radius 1 is 1.35 bits per heavy atom. The van der Waals surface area contributed by atoms with Gasteiger partial charge in [0.25, 0.3) is 5.91 Å². The number of benzene rings is 1. The van der Waals surface area contributed by atoms with Gasteiger partial charge in [-0.1, -0.05) is 6.08 Å². The van der Waals surface area contributed by atoms with E-state index in [2.05, 4.69) is 11.9 Å². The van der Waals surface area contributed by atoms with E-state index in [-0.39, 0.29) is 23.5 Å². The molecule has 0 spiro atoms. The molecule has 1 aliphatic heterocycles. The Morgan fingerprint density at radius 2 is 2.09 bits per heavy atom. The summed E-state index contributed by atoms with van der Waals surface area (Å²) < 4.78 is 12.9. The van der Waals surface area contributed by atoms with Crippen LogP contribution in [0, 0.1) is 11.7 Å². The summed E-state index contributed by atoms with van der Waals surface area (Å²) in [5.74, 6) is -0.150. The molecular formula is C18H23FN2O2. The lowest BCUT2D eigenvalue weighted by Crippen LogP contribution is -2.43. The first-order valence-corrected chi connectivity index (χ1v) is 8.02. The Balaban J connectivity index is 1.80. The van der Waals surface area contributed by atoms with Crippen LogP contribution in [0.15, 0.2) is 36.9 Å². The number of halogens is 1. The van der Waals surface area contributed by atoms with E-state index in [1.807, 2.05) is 4.90 Å². The summed E-state index contributed by atoms with van der Waals surface area (Å²) >= 11 is 0. The average Bonchev–Trinajstić information content (AvgIpc) is 2.58. The minimum Gasteiger partial charge on any atom is -0.352 e. The highest BCUT2D eigenvalue weighted by Crippen LogP contribution is 2.17. The number of rotatable bonds is 6. The molecule has 2 amide bonds. The normalized spacial score (nSPS) is 17.6. The number of allylic oxidation sites excluding steroid dienone is 1. The first-order chi connectivity index (χ1) is 11.1. The fourth-order valence-electron chi connectivity index (χ4n) is 2.78. The van der Waals surface area contributed by atoms with Crippen LogP contribution in [0.1, 0.15) is 36.0 Å². The molecular weight excluding hydrogens is 295 g/mol. The van der Waals surface area contributed by atoms with Crippen molar-refractivity contribution in [2.24, 2.45) is 5.92 Å². The first kappa shape index (κ1) is 17.2. The predicted molar refractivity (Wildman–Crippen MR) is 87.5 cm³/mol. The van der Waals surface area contributed by atoms with E-state index in [9.17, 15) is 14.0 Å². The van der Waals surface area contributed by atoms with Crippen molar-refractivity contribution in [1.29, 1.82) is 0 Å². The largest absolute Gasteiger partial charge is 0.352 e. The van der Waals surface area contributed by atoms with Gasteiger partial charge in [0.15, 0.2) is 0 Å². The second kappa shape index (κ2) is 8.46. The van der Waals surface area contributed by atoms with Crippen molar-refractivity contribution < 1.29 is 14.0 Å². The Labute approximate surface area is 136 Å². The van der Waals surface area contributed by atoms with E-state index in [0.717, 1.165) is 19.4 Å². The molecule has 0 aromatic heterocycles. The van der Waals surface area contributed by atoms with Crippen molar-refractivity contribution in [2.45, 2.75) is 25.7 Å². The smallest absolute Gasteiger partial charge is 0.251 e. The van der Waals surface area contributed by atoms with Crippen molar-refractivity contribution in [1.82, 2.24) is 10.2 Å². The van der Waals surface area contributed by atoms with Crippen LogP contribution in [0.25, 0.3) is 0 Å². The molecule has 1 atom stereocenters. The van der Waals surface area contributed by atoms with Crippen LogP contribution in [0.2, 0.25) is 0 Å². The maximum Gasteiger partial charge on any atom is 0.251 e. The summed E-state index contributed by atoms with van der Waals surface area (Å²) in [7, 11) is 0. The monoisotopic (exact) mass is 318 g/mol. The molecule has 1 N–H and O–H groups in total. The predicted octanol–water partition coefficient (Wildman–Crippen LogP) is 2.76. The SMILES string of the molecule is C=CCCC(=O)N1CCC[C@@H](CNC(=O)c2ccc(F)cc2)C1. The zero-order valence-electron chi connectivity index (χ0n) is 13.3. The maximum atomic E-state index is 12.9. The minimum atomic E-state index is -0.359. The van der Waals surface area contributed by atoms with E-state index >= 15 is 0 Å². The third-order valence-corrected chi connectivity index (χ3v) is 4.09. The van der Waals surface area contributed by atoms with Gasteiger partial charge in [-0.25, -0.2) is 4.39 Å². The number of amides is 2. The lowest BCUT2D eigenvalue weighted by Gasteiger charge is -2.33. The lowest BCUT2D eigenvalue weighted by molar-refractivity contribution is -0.132. The van der Waals surface area contributed by atoms with E-state index in [0.29, 0.717) is 31.5 Å². The van der Waals surface area contributed by atoms with Gasteiger partial charge in [-0.2, -0.15) is 0 Å². The third-order valence-electron chi connectivity index (χ3n) is 4.09. The Kier molecular flexibility index (Phi) is 6.32. The van der Waals surface area contributed by atoms with Crippen LogP contribution in [-0.2, 0) is 4.79 Å². The van der Waals surface area contributed by atoms with Crippen molar-refractivity contribution in [3.63, 3.8) is 0 Å². The van der Waals surface area contributed by atoms with Crippen molar-refractivity contribution in [3.05, 3.63) is 48.3 Å². The molecule has 0 radical (unpaired) electrons. The molecule has 0 unspecified atom stereocenters. The minimum absolute atomic E-state index is 0.152. The van der Waals surface area contributed by atoms with Crippen LogP contribution in [0.5, 0.6) is 0 Å². The van der Waals surface area contributed by atoms with Gasteiger partial charge in [0.05, 0.1) is 0 Å². The van der Waals surface area contributed by atoms with Gasteiger partial charge in [0.2, 0.25) is 5.91 Å². The number of nitrogens with one attached hydrogen (secondary N) is 1. The van der Waals surface area contributed by atoms with Crippen LogP contribution >= 0.6 is 0 Å². The zero-order valence-corrected chi connectivity index (χ0v) is 13.3. The number of carbonyl (C=O) groups is 2. The maximum absolute atomic E-state index is 12.9. The third kappa shape index (κ3) is 5.20. The molecule has 2 rings (SSSR count). The second-order valence-electron chi connectivity index (χ2n) is 5.89. The van der Waals surface area contributed by atoms with Gasteiger partial charge < -0.3 is 10.2 Å². The van der Waals surface area contributed by atoms with Crippen molar-refractivity contribution >= 4 is 11.8 Å². The van der Waals surface area contributed by atoms with E-state index < -0.39 is 0 Å². The Morgan fingerprint density at radius 3 is 2.78 bits per heavy atom. The molecule has 0 aliphatic carbocycles. The van der Waals surface area contributed by atoms with Gasteiger partial charge in [0.1, 0.15) is 5.82 Å².